The highest BCUT2D eigenvalue weighted by Crippen LogP contribution is 2.26. The number of fused-ring (bicyclic) bond motifs is 1. The molecule has 2 aromatic heterocycles. The number of hydrogen-bond acceptors (Lipinski definition) is 4. The van der Waals surface area contributed by atoms with Crippen LogP contribution in [0.5, 0.6) is 0 Å². The van der Waals surface area contributed by atoms with Crippen LogP contribution < -0.4 is 0 Å². The zero-order chi connectivity index (χ0) is 13.4. The summed E-state index contributed by atoms with van der Waals surface area (Å²) in [6.07, 6.45) is 1.66. The van der Waals surface area contributed by atoms with Crippen LogP contribution in [-0.2, 0) is 0 Å². The Morgan fingerprint density at radius 1 is 1.32 bits per heavy atom. The summed E-state index contributed by atoms with van der Waals surface area (Å²) in [7, 11) is 0. The third-order valence-corrected chi connectivity index (χ3v) is 2.79. The molecule has 0 radical (unpaired) electrons. The fraction of sp³-hybridized carbons (Fsp3) is 0.0714. The maximum Gasteiger partial charge on any atom is 0.338 e. The normalized spacial score (nSPS) is 10.8. The van der Waals surface area contributed by atoms with E-state index in [2.05, 4.69) is 9.97 Å². The van der Waals surface area contributed by atoms with E-state index in [1.165, 1.54) is 6.07 Å². The minimum Gasteiger partial charge on any atom is -0.478 e. The third kappa shape index (κ3) is 1.95. The van der Waals surface area contributed by atoms with Gasteiger partial charge in [-0.15, -0.1) is 0 Å². The van der Waals surface area contributed by atoms with E-state index in [1.807, 2.05) is 13.0 Å². The van der Waals surface area contributed by atoms with Gasteiger partial charge in [0.2, 0.25) is 5.89 Å². The quantitative estimate of drug-likeness (QED) is 0.760. The summed E-state index contributed by atoms with van der Waals surface area (Å²) in [5.41, 5.74) is 2.58. The maximum absolute atomic E-state index is 11.1. The van der Waals surface area contributed by atoms with Gasteiger partial charge >= 0.3 is 5.97 Å². The Balaban J connectivity index is 2.22. The van der Waals surface area contributed by atoms with Crippen molar-refractivity contribution >= 4 is 17.1 Å². The van der Waals surface area contributed by atoms with Crippen molar-refractivity contribution in [2.45, 2.75) is 6.92 Å². The van der Waals surface area contributed by atoms with Crippen molar-refractivity contribution in [2.24, 2.45) is 0 Å². The first kappa shape index (κ1) is 11.4. The standard InChI is InChI=1S/C14H10N2O3/c1-8-7-9(5-6-15-8)13-16-12-10(14(17)18)3-2-4-11(12)19-13/h2-7H,1H3,(H,17,18). The molecule has 1 N–H and O–H groups in total. The van der Waals surface area contributed by atoms with Gasteiger partial charge < -0.3 is 9.52 Å². The number of benzene rings is 1. The number of nitrogens with zero attached hydrogens (tertiary/aromatic N) is 2. The summed E-state index contributed by atoms with van der Waals surface area (Å²) >= 11 is 0. The van der Waals surface area contributed by atoms with Gasteiger partial charge in [-0.25, -0.2) is 9.78 Å². The Labute approximate surface area is 108 Å². The third-order valence-electron chi connectivity index (χ3n) is 2.79. The van der Waals surface area contributed by atoms with Crippen molar-refractivity contribution in [3.63, 3.8) is 0 Å². The lowest BCUT2D eigenvalue weighted by molar-refractivity contribution is 0.0699. The number of para-hydroxylation sites is 1. The molecule has 0 saturated carbocycles. The van der Waals surface area contributed by atoms with Gasteiger partial charge in [0.05, 0.1) is 5.56 Å². The summed E-state index contributed by atoms with van der Waals surface area (Å²) in [4.78, 5) is 19.5. The van der Waals surface area contributed by atoms with Gasteiger partial charge in [-0.1, -0.05) is 6.07 Å². The molecule has 2 heterocycles. The molecule has 0 amide bonds. The molecule has 5 heteroatoms. The Morgan fingerprint density at radius 2 is 2.16 bits per heavy atom. The van der Waals surface area contributed by atoms with E-state index in [9.17, 15) is 4.79 Å². The second-order valence-corrected chi connectivity index (χ2v) is 4.16. The zero-order valence-electron chi connectivity index (χ0n) is 10.1. The lowest BCUT2D eigenvalue weighted by Gasteiger charge is -1.95. The summed E-state index contributed by atoms with van der Waals surface area (Å²) in [6, 6.07) is 8.46. The minimum atomic E-state index is -1.02. The van der Waals surface area contributed by atoms with Crippen molar-refractivity contribution in [2.75, 3.05) is 0 Å². The number of oxazole rings is 1. The fourth-order valence-corrected chi connectivity index (χ4v) is 1.92. The SMILES string of the molecule is Cc1cc(-c2nc3c(C(=O)O)cccc3o2)ccn1. The monoisotopic (exact) mass is 254 g/mol. The molecule has 0 spiro atoms. The molecule has 1 aromatic carbocycles. The highest BCUT2D eigenvalue weighted by molar-refractivity contribution is 6.00. The Bertz CT molecular complexity index is 777. The number of carboxylic acids is 1. The molecule has 0 saturated heterocycles. The van der Waals surface area contributed by atoms with Gasteiger partial charge in [-0.3, -0.25) is 4.98 Å². The zero-order valence-corrected chi connectivity index (χ0v) is 10.1. The summed E-state index contributed by atoms with van der Waals surface area (Å²) in [6.45, 7) is 1.87. The van der Waals surface area contributed by atoms with E-state index in [1.54, 1.807) is 24.4 Å². The average molecular weight is 254 g/mol. The van der Waals surface area contributed by atoms with Crippen molar-refractivity contribution in [3.8, 4) is 11.5 Å². The second kappa shape index (κ2) is 4.20. The molecule has 0 bridgehead atoms. The molecule has 94 valence electrons. The molecule has 19 heavy (non-hydrogen) atoms. The minimum absolute atomic E-state index is 0.137. The van der Waals surface area contributed by atoms with Gasteiger partial charge in [0, 0.05) is 17.5 Å². The second-order valence-electron chi connectivity index (χ2n) is 4.16. The number of rotatable bonds is 2. The van der Waals surface area contributed by atoms with Crippen molar-refractivity contribution < 1.29 is 14.3 Å². The predicted molar refractivity (Wildman–Crippen MR) is 68.9 cm³/mol. The van der Waals surface area contributed by atoms with Crippen LogP contribution in [0.2, 0.25) is 0 Å². The van der Waals surface area contributed by atoms with Crippen molar-refractivity contribution in [1.29, 1.82) is 0 Å². The van der Waals surface area contributed by atoms with E-state index in [4.69, 9.17) is 9.52 Å². The number of carbonyl (C=O) groups is 1. The van der Waals surface area contributed by atoms with Gasteiger partial charge in [0.1, 0.15) is 5.52 Å². The highest BCUT2D eigenvalue weighted by atomic mass is 16.4. The van der Waals surface area contributed by atoms with Gasteiger partial charge in [0.25, 0.3) is 0 Å². The molecule has 5 nitrogen and oxygen atoms in total. The van der Waals surface area contributed by atoms with Crippen LogP contribution in [0.15, 0.2) is 40.9 Å². The Morgan fingerprint density at radius 3 is 2.89 bits per heavy atom. The van der Waals surface area contributed by atoms with E-state index >= 15 is 0 Å². The van der Waals surface area contributed by atoms with Gasteiger partial charge in [0.15, 0.2) is 5.58 Å². The van der Waals surface area contributed by atoms with E-state index in [-0.39, 0.29) is 5.56 Å². The number of hydrogen-bond donors (Lipinski definition) is 1. The molecule has 0 aliphatic carbocycles. The first-order valence-electron chi connectivity index (χ1n) is 5.71. The van der Waals surface area contributed by atoms with Crippen LogP contribution in [0.4, 0.5) is 0 Å². The molecule has 3 aromatic rings. The first-order chi connectivity index (χ1) is 9.15. The largest absolute Gasteiger partial charge is 0.478 e. The molecule has 0 aliphatic rings. The number of aryl methyl sites for hydroxylation is 1. The fourth-order valence-electron chi connectivity index (χ4n) is 1.92. The lowest BCUT2D eigenvalue weighted by atomic mass is 10.2. The number of aromatic carboxylic acids is 1. The van der Waals surface area contributed by atoms with Crippen LogP contribution >= 0.6 is 0 Å². The van der Waals surface area contributed by atoms with Crippen LogP contribution in [0.1, 0.15) is 16.1 Å². The van der Waals surface area contributed by atoms with Crippen molar-refractivity contribution in [1.82, 2.24) is 9.97 Å². The molecular formula is C14H10N2O3. The smallest absolute Gasteiger partial charge is 0.338 e. The van der Waals surface area contributed by atoms with Crippen LogP contribution in [0.25, 0.3) is 22.6 Å². The molecule has 0 fully saturated rings. The highest BCUT2D eigenvalue weighted by Gasteiger charge is 2.15. The van der Waals surface area contributed by atoms with Crippen LogP contribution in [-0.4, -0.2) is 21.0 Å². The van der Waals surface area contributed by atoms with E-state index < -0.39 is 5.97 Å². The molecule has 3 rings (SSSR count). The maximum atomic E-state index is 11.1. The average Bonchev–Trinajstić information content (AvgIpc) is 2.82. The lowest BCUT2D eigenvalue weighted by Crippen LogP contribution is -1.96. The first-order valence-corrected chi connectivity index (χ1v) is 5.71. The topological polar surface area (TPSA) is 76.2 Å². The molecule has 0 atom stereocenters. The molecule has 0 unspecified atom stereocenters. The van der Waals surface area contributed by atoms with Crippen LogP contribution in [0, 0.1) is 6.92 Å². The van der Waals surface area contributed by atoms with Crippen molar-refractivity contribution in [3.05, 3.63) is 47.8 Å². The van der Waals surface area contributed by atoms with Gasteiger partial charge in [-0.05, 0) is 31.2 Å². The number of carboxylic acid groups (broad SMARTS) is 1. The van der Waals surface area contributed by atoms with Crippen LogP contribution in [0.3, 0.4) is 0 Å². The number of pyridine rings is 1. The summed E-state index contributed by atoms with van der Waals surface area (Å²) in [5, 5.41) is 9.12. The predicted octanol–water partition coefficient (Wildman–Crippen LogP) is 2.90. The van der Waals surface area contributed by atoms with E-state index in [0.29, 0.717) is 17.0 Å². The summed E-state index contributed by atoms with van der Waals surface area (Å²) in [5.74, 6) is -0.620. The molecular weight excluding hydrogens is 244 g/mol. The molecule has 0 aliphatic heterocycles. The van der Waals surface area contributed by atoms with Gasteiger partial charge in [-0.2, -0.15) is 0 Å². The van der Waals surface area contributed by atoms with E-state index in [0.717, 1.165) is 11.3 Å². The summed E-state index contributed by atoms with van der Waals surface area (Å²) < 4.78 is 5.60. The Hall–Kier alpha value is -2.69. The Kier molecular flexibility index (Phi) is 2.52. The number of aromatic nitrogens is 2.